The second-order valence-corrected chi connectivity index (χ2v) is 6.30. The molecule has 0 spiro atoms. The molecule has 0 unspecified atom stereocenters. The number of hydrogen-bond donors (Lipinski definition) is 1. The molecule has 1 fully saturated rings. The molecule has 1 aliphatic heterocycles. The molecule has 6 nitrogen and oxygen atoms in total. The Morgan fingerprint density at radius 2 is 2.30 bits per heavy atom. The smallest absolute Gasteiger partial charge is 0.238 e. The Balaban J connectivity index is 1.74. The van der Waals surface area contributed by atoms with Gasteiger partial charge in [0.2, 0.25) is 5.91 Å². The maximum atomic E-state index is 12.4. The molecular formula is C16H20ClN5O. The van der Waals surface area contributed by atoms with Gasteiger partial charge in [-0.2, -0.15) is 5.10 Å². The van der Waals surface area contributed by atoms with Crippen molar-refractivity contribution in [3.63, 3.8) is 0 Å². The summed E-state index contributed by atoms with van der Waals surface area (Å²) in [5.74, 6) is -0.0395. The number of nitrogens with one attached hydrogen (secondary N) is 1. The summed E-state index contributed by atoms with van der Waals surface area (Å²) in [5.41, 5.74) is 1.38. The molecule has 2 aromatic rings. The van der Waals surface area contributed by atoms with Crippen LogP contribution in [0.4, 0.5) is 5.69 Å². The SMILES string of the molecule is C[C@@H]1CCCCN1CC(=O)Nc1cc(Cl)ccc1-n1cncn1. The van der Waals surface area contributed by atoms with Gasteiger partial charge in [0, 0.05) is 11.1 Å². The van der Waals surface area contributed by atoms with Gasteiger partial charge in [-0.15, -0.1) is 0 Å². The van der Waals surface area contributed by atoms with Crippen LogP contribution in [0.25, 0.3) is 5.69 Å². The van der Waals surface area contributed by atoms with E-state index >= 15 is 0 Å². The Morgan fingerprint density at radius 3 is 3.04 bits per heavy atom. The zero-order chi connectivity index (χ0) is 16.2. The third-order valence-corrected chi connectivity index (χ3v) is 4.42. The first kappa shape index (κ1) is 16.0. The van der Waals surface area contributed by atoms with Crippen molar-refractivity contribution < 1.29 is 4.79 Å². The van der Waals surface area contributed by atoms with Gasteiger partial charge in [0.05, 0.1) is 17.9 Å². The largest absolute Gasteiger partial charge is 0.323 e. The Kier molecular flexibility index (Phi) is 4.93. The van der Waals surface area contributed by atoms with Crippen molar-refractivity contribution in [2.75, 3.05) is 18.4 Å². The summed E-state index contributed by atoms with van der Waals surface area (Å²) in [7, 11) is 0. The van der Waals surface area contributed by atoms with Gasteiger partial charge in [-0.05, 0) is 44.5 Å². The first-order valence-corrected chi connectivity index (χ1v) is 8.20. The average molecular weight is 334 g/mol. The van der Waals surface area contributed by atoms with Crippen LogP contribution < -0.4 is 5.32 Å². The molecule has 1 aromatic carbocycles. The molecule has 0 bridgehead atoms. The molecule has 0 aliphatic carbocycles. The summed E-state index contributed by atoms with van der Waals surface area (Å²) in [6.07, 6.45) is 6.58. The van der Waals surface area contributed by atoms with E-state index in [9.17, 15) is 4.79 Å². The summed E-state index contributed by atoms with van der Waals surface area (Å²) in [6, 6.07) is 5.76. The lowest BCUT2D eigenvalue weighted by atomic mass is 10.0. The lowest BCUT2D eigenvalue weighted by Crippen LogP contribution is -2.42. The second-order valence-electron chi connectivity index (χ2n) is 5.86. The van der Waals surface area contributed by atoms with Crippen molar-refractivity contribution in [1.82, 2.24) is 19.7 Å². The van der Waals surface area contributed by atoms with Crippen molar-refractivity contribution in [2.24, 2.45) is 0 Å². The number of anilines is 1. The number of amides is 1. The number of halogens is 1. The topological polar surface area (TPSA) is 63.1 Å². The molecule has 1 N–H and O–H groups in total. The molecule has 3 rings (SSSR count). The van der Waals surface area contributed by atoms with E-state index in [4.69, 9.17) is 11.6 Å². The number of carbonyl (C=O) groups excluding carboxylic acids is 1. The summed E-state index contributed by atoms with van der Waals surface area (Å²) >= 11 is 6.07. The van der Waals surface area contributed by atoms with Crippen LogP contribution in [0.5, 0.6) is 0 Å². The minimum absolute atomic E-state index is 0.0395. The zero-order valence-corrected chi connectivity index (χ0v) is 13.8. The summed E-state index contributed by atoms with van der Waals surface area (Å²) in [5, 5.41) is 7.63. The van der Waals surface area contributed by atoms with Gasteiger partial charge >= 0.3 is 0 Å². The fraction of sp³-hybridized carbons (Fsp3) is 0.438. The van der Waals surface area contributed by atoms with Crippen molar-refractivity contribution in [3.8, 4) is 5.69 Å². The van der Waals surface area contributed by atoms with Crippen LogP contribution in [0.1, 0.15) is 26.2 Å². The van der Waals surface area contributed by atoms with Crippen molar-refractivity contribution in [2.45, 2.75) is 32.2 Å². The number of benzene rings is 1. The van der Waals surface area contributed by atoms with Gasteiger partial charge in [-0.1, -0.05) is 18.0 Å². The molecule has 2 heterocycles. The lowest BCUT2D eigenvalue weighted by Gasteiger charge is -2.32. The number of hydrogen-bond acceptors (Lipinski definition) is 4. The number of rotatable bonds is 4. The van der Waals surface area contributed by atoms with Gasteiger partial charge in [0.25, 0.3) is 0 Å². The second kappa shape index (κ2) is 7.10. The molecule has 23 heavy (non-hydrogen) atoms. The molecule has 122 valence electrons. The Labute approximate surface area is 140 Å². The lowest BCUT2D eigenvalue weighted by molar-refractivity contribution is -0.118. The normalized spacial score (nSPS) is 18.8. The average Bonchev–Trinajstić information content (AvgIpc) is 3.04. The van der Waals surface area contributed by atoms with Crippen LogP contribution >= 0.6 is 11.6 Å². The molecule has 1 aliphatic rings. The minimum Gasteiger partial charge on any atom is -0.323 e. The van der Waals surface area contributed by atoms with Crippen LogP contribution in [-0.2, 0) is 4.79 Å². The number of aromatic nitrogens is 3. The summed E-state index contributed by atoms with van der Waals surface area (Å²) < 4.78 is 1.61. The van der Waals surface area contributed by atoms with Crippen molar-refractivity contribution >= 4 is 23.2 Å². The highest BCUT2D eigenvalue weighted by molar-refractivity contribution is 6.31. The van der Waals surface area contributed by atoms with Crippen LogP contribution in [0.3, 0.4) is 0 Å². The molecule has 1 aromatic heterocycles. The molecular weight excluding hydrogens is 314 g/mol. The number of likely N-dealkylation sites (tertiary alicyclic amines) is 1. The summed E-state index contributed by atoms with van der Waals surface area (Å²) in [4.78, 5) is 18.6. The quantitative estimate of drug-likeness (QED) is 0.934. The van der Waals surface area contributed by atoms with E-state index in [0.717, 1.165) is 25.1 Å². The highest BCUT2D eigenvalue weighted by Crippen LogP contribution is 2.24. The predicted molar refractivity (Wildman–Crippen MR) is 89.9 cm³/mol. The van der Waals surface area contributed by atoms with E-state index in [1.807, 2.05) is 6.07 Å². The van der Waals surface area contributed by atoms with E-state index in [2.05, 4.69) is 27.2 Å². The Morgan fingerprint density at radius 1 is 1.43 bits per heavy atom. The summed E-state index contributed by atoms with van der Waals surface area (Å²) in [6.45, 7) is 3.54. The number of carbonyl (C=O) groups is 1. The van der Waals surface area contributed by atoms with Crippen LogP contribution in [0.15, 0.2) is 30.9 Å². The number of piperidine rings is 1. The van der Waals surface area contributed by atoms with Crippen LogP contribution in [-0.4, -0.2) is 44.7 Å². The molecule has 0 saturated carbocycles. The van der Waals surface area contributed by atoms with Gasteiger partial charge in [0.15, 0.2) is 0 Å². The van der Waals surface area contributed by atoms with E-state index in [0.29, 0.717) is 23.3 Å². The van der Waals surface area contributed by atoms with Crippen molar-refractivity contribution in [3.05, 3.63) is 35.9 Å². The van der Waals surface area contributed by atoms with Gasteiger partial charge in [0.1, 0.15) is 12.7 Å². The van der Waals surface area contributed by atoms with Crippen LogP contribution in [0.2, 0.25) is 5.02 Å². The van der Waals surface area contributed by atoms with E-state index in [1.165, 1.54) is 12.7 Å². The zero-order valence-electron chi connectivity index (χ0n) is 13.1. The molecule has 1 amide bonds. The maximum absolute atomic E-state index is 12.4. The monoisotopic (exact) mass is 333 g/mol. The molecule has 0 radical (unpaired) electrons. The standard InChI is InChI=1S/C16H20ClN5O/c1-12-4-2-3-7-21(12)9-16(23)20-14-8-13(17)5-6-15(14)22-11-18-10-19-22/h5-6,8,10-12H,2-4,7,9H2,1H3,(H,20,23)/t12-/m1/s1. The number of nitrogens with zero attached hydrogens (tertiary/aromatic N) is 4. The van der Waals surface area contributed by atoms with Gasteiger partial charge < -0.3 is 5.32 Å². The molecule has 1 atom stereocenters. The minimum atomic E-state index is -0.0395. The first-order chi connectivity index (χ1) is 11.1. The Hall–Kier alpha value is -1.92. The highest BCUT2D eigenvalue weighted by Gasteiger charge is 2.21. The van der Waals surface area contributed by atoms with E-state index in [-0.39, 0.29) is 5.91 Å². The fourth-order valence-corrected chi connectivity index (χ4v) is 3.08. The van der Waals surface area contributed by atoms with Gasteiger partial charge in [-0.3, -0.25) is 9.69 Å². The predicted octanol–water partition coefficient (Wildman–Crippen LogP) is 2.73. The van der Waals surface area contributed by atoms with Crippen LogP contribution in [0, 0.1) is 0 Å². The molecule has 7 heteroatoms. The van der Waals surface area contributed by atoms with Crippen molar-refractivity contribution in [1.29, 1.82) is 0 Å². The Bertz CT molecular complexity index is 673. The van der Waals surface area contributed by atoms with E-state index < -0.39 is 0 Å². The van der Waals surface area contributed by atoms with Gasteiger partial charge in [-0.25, -0.2) is 9.67 Å². The molecule has 1 saturated heterocycles. The van der Waals surface area contributed by atoms with E-state index in [1.54, 1.807) is 23.1 Å². The first-order valence-electron chi connectivity index (χ1n) is 7.82. The third kappa shape index (κ3) is 3.89. The highest BCUT2D eigenvalue weighted by atomic mass is 35.5. The third-order valence-electron chi connectivity index (χ3n) is 4.19. The maximum Gasteiger partial charge on any atom is 0.238 e. The fourth-order valence-electron chi connectivity index (χ4n) is 2.91.